The van der Waals surface area contributed by atoms with Gasteiger partial charge in [0.05, 0.1) is 0 Å². The van der Waals surface area contributed by atoms with Crippen molar-refractivity contribution in [1.82, 2.24) is 0 Å². The molecular formula is C10H12ClNS. The van der Waals surface area contributed by atoms with Gasteiger partial charge < -0.3 is 5.73 Å². The zero-order chi connectivity index (χ0) is 9.68. The third-order valence-electron chi connectivity index (χ3n) is 1.55. The molecule has 0 saturated heterocycles. The summed E-state index contributed by atoms with van der Waals surface area (Å²) >= 11 is 7.53. The number of halogens is 1. The van der Waals surface area contributed by atoms with Gasteiger partial charge in [-0.05, 0) is 25.1 Å². The van der Waals surface area contributed by atoms with Crippen LogP contribution in [0, 0.1) is 0 Å². The minimum absolute atomic E-state index is 0.733. The molecule has 0 saturated carbocycles. The van der Waals surface area contributed by atoms with Gasteiger partial charge in [0.1, 0.15) is 0 Å². The van der Waals surface area contributed by atoms with Crippen molar-refractivity contribution in [2.45, 2.75) is 11.8 Å². The molecule has 0 unspecified atom stereocenters. The topological polar surface area (TPSA) is 26.0 Å². The molecule has 0 aliphatic carbocycles. The molecule has 0 aromatic heterocycles. The summed E-state index contributed by atoms with van der Waals surface area (Å²) in [5, 5.41) is 0.733. The fraction of sp³-hybridized carbons (Fsp3) is 0.200. The van der Waals surface area contributed by atoms with E-state index < -0.39 is 0 Å². The molecule has 2 N–H and O–H groups in total. The maximum absolute atomic E-state index is 5.84. The lowest BCUT2D eigenvalue weighted by Gasteiger charge is -2.03. The Balaban J connectivity index is 2.69. The van der Waals surface area contributed by atoms with Crippen molar-refractivity contribution in [2.24, 2.45) is 0 Å². The monoisotopic (exact) mass is 213 g/mol. The molecule has 0 fully saturated rings. The lowest BCUT2D eigenvalue weighted by molar-refractivity contribution is 1.46. The van der Waals surface area contributed by atoms with Crippen molar-refractivity contribution in [2.75, 3.05) is 11.5 Å². The molecule has 0 bridgehead atoms. The van der Waals surface area contributed by atoms with E-state index in [0.717, 1.165) is 21.4 Å². The lowest BCUT2D eigenvalue weighted by atomic mass is 10.3. The van der Waals surface area contributed by atoms with Gasteiger partial charge in [-0.25, -0.2) is 0 Å². The van der Waals surface area contributed by atoms with Gasteiger partial charge in [-0.15, -0.1) is 11.8 Å². The maximum atomic E-state index is 5.84. The molecule has 3 heteroatoms. The SMILES string of the molecule is CC=CCSc1cc(Cl)ccc1N. The van der Waals surface area contributed by atoms with E-state index in [1.807, 2.05) is 25.1 Å². The highest BCUT2D eigenvalue weighted by Crippen LogP contribution is 2.27. The van der Waals surface area contributed by atoms with E-state index >= 15 is 0 Å². The zero-order valence-corrected chi connectivity index (χ0v) is 9.03. The fourth-order valence-corrected chi connectivity index (χ4v) is 2.02. The van der Waals surface area contributed by atoms with Crippen LogP contribution in [-0.4, -0.2) is 5.75 Å². The Labute approximate surface area is 88.0 Å². The average molecular weight is 214 g/mol. The van der Waals surface area contributed by atoms with Gasteiger partial charge in [0.2, 0.25) is 0 Å². The van der Waals surface area contributed by atoms with Gasteiger partial charge in [-0.3, -0.25) is 0 Å². The second-order valence-corrected chi connectivity index (χ2v) is 4.06. The Bertz CT molecular complexity index is 310. The summed E-state index contributed by atoms with van der Waals surface area (Å²) in [5.41, 5.74) is 6.56. The Hall–Kier alpha value is -0.600. The van der Waals surface area contributed by atoms with Crippen LogP contribution in [0.25, 0.3) is 0 Å². The highest BCUT2D eigenvalue weighted by Gasteiger charge is 1.98. The van der Waals surface area contributed by atoms with E-state index in [0.29, 0.717) is 0 Å². The molecule has 0 heterocycles. The average Bonchev–Trinajstić information content (AvgIpc) is 2.11. The number of nitrogens with two attached hydrogens (primary N) is 1. The molecule has 0 aliphatic heterocycles. The first kappa shape index (κ1) is 10.5. The molecule has 0 radical (unpaired) electrons. The largest absolute Gasteiger partial charge is 0.398 e. The van der Waals surface area contributed by atoms with E-state index in [1.165, 1.54) is 0 Å². The number of hydrogen-bond acceptors (Lipinski definition) is 2. The van der Waals surface area contributed by atoms with E-state index in [2.05, 4.69) is 6.08 Å². The second-order valence-electron chi connectivity index (χ2n) is 2.56. The first-order valence-electron chi connectivity index (χ1n) is 4.03. The molecule has 0 amide bonds. The lowest BCUT2D eigenvalue weighted by Crippen LogP contribution is -1.88. The summed E-state index contributed by atoms with van der Waals surface area (Å²) in [7, 11) is 0. The quantitative estimate of drug-likeness (QED) is 0.472. The summed E-state index contributed by atoms with van der Waals surface area (Å²) in [6.07, 6.45) is 4.11. The van der Waals surface area contributed by atoms with Crippen LogP contribution in [0.15, 0.2) is 35.2 Å². The number of allylic oxidation sites excluding steroid dienone is 1. The van der Waals surface area contributed by atoms with Gasteiger partial charge in [0, 0.05) is 21.4 Å². The minimum atomic E-state index is 0.733. The second kappa shape index (κ2) is 5.20. The van der Waals surface area contributed by atoms with E-state index in [1.54, 1.807) is 17.8 Å². The van der Waals surface area contributed by atoms with Crippen LogP contribution < -0.4 is 5.73 Å². The van der Waals surface area contributed by atoms with Crippen LogP contribution in [-0.2, 0) is 0 Å². The summed E-state index contributed by atoms with van der Waals surface area (Å²) in [6, 6.07) is 5.53. The first-order chi connectivity index (χ1) is 6.24. The summed E-state index contributed by atoms with van der Waals surface area (Å²) in [5.74, 6) is 0.932. The molecule has 0 aliphatic rings. The van der Waals surface area contributed by atoms with Crippen molar-refractivity contribution < 1.29 is 0 Å². The molecule has 1 rings (SSSR count). The highest BCUT2D eigenvalue weighted by atomic mass is 35.5. The van der Waals surface area contributed by atoms with Crippen LogP contribution in [0.2, 0.25) is 5.02 Å². The summed E-state index contributed by atoms with van der Waals surface area (Å²) in [6.45, 7) is 2.00. The molecule has 70 valence electrons. The van der Waals surface area contributed by atoms with Gasteiger partial charge in [-0.1, -0.05) is 23.8 Å². The Morgan fingerprint density at radius 2 is 2.31 bits per heavy atom. The van der Waals surface area contributed by atoms with Gasteiger partial charge >= 0.3 is 0 Å². The molecular weight excluding hydrogens is 202 g/mol. The van der Waals surface area contributed by atoms with Crippen molar-refractivity contribution in [3.63, 3.8) is 0 Å². The third-order valence-corrected chi connectivity index (χ3v) is 2.81. The fourth-order valence-electron chi connectivity index (χ4n) is 0.867. The molecule has 1 aromatic rings. The number of nitrogen functional groups attached to an aromatic ring is 1. The van der Waals surface area contributed by atoms with E-state index in [-0.39, 0.29) is 0 Å². The third kappa shape index (κ3) is 3.33. The van der Waals surface area contributed by atoms with Crippen LogP contribution in [0.4, 0.5) is 5.69 Å². The summed E-state index contributed by atoms with van der Waals surface area (Å²) in [4.78, 5) is 1.05. The molecule has 1 aromatic carbocycles. The predicted octanol–water partition coefficient (Wildman–Crippen LogP) is 3.59. The van der Waals surface area contributed by atoms with Crippen LogP contribution in [0.5, 0.6) is 0 Å². The zero-order valence-electron chi connectivity index (χ0n) is 7.46. The van der Waals surface area contributed by atoms with Crippen LogP contribution in [0.1, 0.15) is 6.92 Å². The number of anilines is 1. The van der Waals surface area contributed by atoms with Crippen molar-refractivity contribution in [3.05, 3.63) is 35.4 Å². The van der Waals surface area contributed by atoms with Crippen LogP contribution >= 0.6 is 23.4 Å². The molecule has 1 nitrogen and oxygen atoms in total. The molecule has 13 heavy (non-hydrogen) atoms. The van der Waals surface area contributed by atoms with E-state index in [4.69, 9.17) is 17.3 Å². The Kier molecular flexibility index (Phi) is 4.19. The van der Waals surface area contributed by atoms with Crippen LogP contribution in [0.3, 0.4) is 0 Å². The van der Waals surface area contributed by atoms with Gasteiger partial charge in [0.15, 0.2) is 0 Å². The smallest absolute Gasteiger partial charge is 0.0453 e. The molecule has 0 atom stereocenters. The Morgan fingerprint density at radius 3 is 3.00 bits per heavy atom. The Morgan fingerprint density at radius 1 is 1.54 bits per heavy atom. The highest BCUT2D eigenvalue weighted by molar-refractivity contribution is 7.99. The number of rotatable bonds is 3. The van der Waals surface area contributed by atoms with E-state index in [9.17, 15) is 0 Å². The standard InChI is InChI=1S/C10H12ClNS/c1-2-3-6-13-10-7-8(11)4-5-9(10)12/h2-5,7H,6,12H2,1H3. The number of benzene rings is 1. The minimum Gasteiger partial charge on any atom is -0.398 e. The van der Waals surface area contributed by atoms with Crippen molar-refractivity contribution >= 4 is 29.1 Å². The number of thioether (sulfide) groups is 1. The summed E-state index contributed by atoms with van der Waals surface area (Å²) < 4.78 is 0. The first-order valence-corrected chi connectivity index (χ1v) is 5.39. The van der Waals surface area contributed by atoms with Crippen molar-refractivity contribution in [1.29, 1.82) is 0 Å². The maximum Gasteiger partial charge on any atom is 0.0453 e. The normalized spacial score (nSPS) is 10.9. The van der Waals surface area contributed by atoms with Gasteiger partial charge in [-0.2, -0.15) is 0 Å². The van der Waals surface area contributed by atoms with Crippen molar-refractivity contribution in [3.8, 4) is 0 Å². The number of hydrogen-bond donors (Lipinski definition) is 1. The predicted molar refractivity (Wildman–Crippen MR) is 61.4 cm³/mol. The van der Waals surface area contributed by atoms with Gasteiger partial charge in [0.25, 0.3) is 0 Å². The molecule has 0 spiro atoms.